The average Bonchev–Trinajstić information content (AvgIpc) is 3.18. The number of thiophene rings is 1. The largest absolute Gasteiger partial charge is 0.314 e. The van der Waals surface area contributed by atoms with E-state index in [9.17, 15) is 0 Å². The highest BCUT2D eigenvalue weighted by Crippen LogP contribution is 2.29. The molecule has 0 saturated heterocycles. The molecule has 1 N–H and O–H groups in total. The molecule has 3 rings (SSSR count). The van der Waals surface area contributed by atoms with Gasteiger partial charge in [0.2, 0.25) is 0 Å². The first-order valence-corrected chi connectivity index (χ1v) is 8.43. The minimum Gasteiger partial charge on any atom is -0.314 e. The number of hydrogen-bond donors (Lipinski definition) is 1. The normalized spacial score (nSPS) is 16.9. The lowest BCUT2D eigenvalue weighted by atomic mass is 9.94. The third-order valence-corrected chi connectivity index (χ3v) is 5.05. The Morgan fingerprint density at radius 3 is 2.95 bits per heavy atom. The van der Waals surface area contributed by atoms with E-state index in [-0.39, 0.29) is 0 Å². The Hall–Kier alpha value is -0.860. The van der Waals surface area contributed by atoms with Crippen LogP contribution in [-0.4, -0.2) is 12.6 Å². The first kappa shape index (κ1) is 13.1. The molecule has 0 bridgehead atoms. The Labute approximate surface area is 120 Å². The van der Waals surface area contributed by atoms with Gasteiger partial charge in [0.1, 0.15) is 0 Å². The van der Waals surface area contributed by atoms with Crippen LogP contribution in [0.4, 0.5) is 0 Å². The molecule has 0 aliphatic heterocycles. The highest BCUT2D eigenvalue weighted by Gasteiger charge is 2.22. The predicted octanol–water partition coefficient (Wildman–Crippen LogP) is 4.61. The molecule has 1 aromatic heterocycles. The molecule has 1 unspecified atom stereocenters. The van der Waals surface area contributed by atoms with Crippen LogP contribution in [0.5, 0.6) is 0 Å². The maximum atomic E-state index is 3.71. The molecule has 1 aliphatic rings. The molecule has 0 amide bonds. The van der Waals surface area contributed by atoms with Gasteiger partial charge in [-0.1, -0.05) is 31.5 Å². The van der Waals surface area contributed by atoms with Gasteiger partial charge in [-0.05, 0) is 60.5 Å². The Morgan fingerprint density at radius 2 is 2.16 bits per heavy atom. The first-order valence-electron chi connectivity index (χ1n) is 7.55. The molecule has 1 fully saturated rings. The first-order chi connectivity index (χ1) is 9.36. The monoisotopic (exact) mass is 273 g/mol. The molecule has 2 heteroatoms. The van der Waals surface area contributed by atoms with Crippen molar-refractivity contribution in [1.29, 1.82) is 0 Å². The molecule has 19 heavy (non-hydrogen) atoms. The maximum Gasteiger partial charge on any atom is 0.0345 e. The molecule has 2 aromatic rings. The zero-order chi connectivity index (χ0) is 13.1. The second kappa shape index (κ2) is 6.06. The van der Waals surface area contributed by atoms with Crippen molar-refractivity contribution in [1.82, 2.24) is 5.32 Å². The lowest BCUT2D eigenvalue weighted by Crippen LogP contribution is -2.26. The summed E-state index contributed by atoms with van der Waals surface area (Å²) in [5, 5.41) is 7.54. The van der Waals surface area contributed by atoms with Crippen LogP contribution in [0.2, 0.25) is 0 Å². The fourth-order valence-corrected chi connectivity index (χ4v) is 3.78. The van der Waals surface area contributed by atoms with E-state index in [1.54, 1.807) is 5.56 Å². The number of nitrogens with one attached hydrogen (secondary N) is 1. The van der Waals surface area contributed by atoms with Crippen LogP contribution < -0.4 is 5.32 Å². The van der Waals surface area contributed by atoms with Gasteiger partial charge < -0.3 is 5.32 Å². The Balaban J connectivity index is 1.68. The van der Waals surface area contributed by atoms with E-state index < -0.39 is 0 Å². The van der Waals surface area contributed by atoms with Crippen molar-refractivity contribution >= 4 is 21.4 Å². The minimum absolute atomic E-state index is 0.795. The quantitative estimate of drug-likeness (QED) is 0.776. The number of benzene rings is 1. The molecule has 1 heterocycles. The summed E-state index contributed by atoms with van der Waals surface area (Å²) in [6.07, 6.45) is 6.64. The number of fused-ring (bicyclic) bond motifs is 1. The van der Waals surface area contributed by atoms with Crippen molar-refractivity contribution in [3.05, 3.63) is 35.2 Å². The molecule has 0 spiro atoms. The third-order valence-electron chi connectivity index (χ3n) is 4.04. The average molecular weight is 273 g/mol. The summed E-state index contributed by atoms with van der Waals surface area (Å²) in [5.74, 6) is 0.795. The van der Waals surface area contributed by atoms with E-state index in [1.165, 1.54) is 48.7 Å². The van der Waals surface area contributed by atoms with Crippen molar-refractivity contribution in [3.8, 4) is 0 Å². The number of hydrogen-bond acceptors (Lipinski definition) is 2. The number of rotatable bonds is 7. The minimum atomic E-state index is 0.795. The SMILES string of the molecule is CCCC(CNC1CC1)Cc1csc2ccccc12. The molecule has 0 radical (unpaired) electrons. The van der Waals surface area contributed by atoms with E-state index in [0.29, 0.717) is 0 Å². The molecule has 1 aromatic carbocycles. The summed E-state index contributed by atoms with van der Waals surface area (Å²) in [4.78, 5) is 0. The van der Waals surface area contributed by atoms with E-state index in [0.717, 1.165) is 12.0 Å². The highest BCUT2D eigenvalue weighted by molar-refractivity contribution is 7.17. The Bertz CT molecular complexity index is 527. The van der Waals surface area contributed by atoms with Crippen LogP contribution in [0.1, 0.15) is 38.2 Å². The second-order valence-corrected chi connectivity index (χ2v) is 6.71. The second-order valence-electron chi connectivity index (χ2n) is 5.80. The van der Waals surface area contributed by atoms with E-state index >= 15 is 0 Å². The maximum absolute atomic E-state index is 3.71. The van der Waals surface area contributed by atoms with Crippen LogP contribution in [0.15, 0.2) is 29.6 Å². The molecular formula is C17H23NS. The zero-order valence-corrected chi connectivity index (χ0v) is 12.5. The molecule has 1 atom stereocenters. The fourth-order valence-electron chi connectivity index (χ4n) is 2.81. The lowest BCUT2D eigenvalue weighted by molar-refractivity contribution is 0.438. The topological polar surface area (TPSA) is 12.0 Å². The van der Waals surface area contributed by atoms with Crippen molar-refractivity contribution in [2.45, 2.75) is 45.1 Å². The standard InChI is InChI=1S/C17H23NS/c1-2-5-13(11-18-15-8-9-15)10-14-12-19-17-7-4-3-6-16(14)17/h3-4,6-7,12-13,15,18H,2,5,8-11H2,1H3. The fraction of sp³-hybridized carbons (Fsp3) is 0.529. The van der Waals surface area contributed by atoms with Gasteiger partial charge in [-0.3, -0.25) is 0 Å². The van der Waals surface area contributed by atoms with Gasteiger partial charge in [0, 0.05) is 10.7 Å². The summed E-state index contributed by atoms with van der Waals surface area (Å²) in [5.41, 5.74) is 1.55. The summed E-state index contributed by atoms with van der Waals surface area (Å²) in [6, 6.07) is 9.65. The summed E-state index contributed by atoms with van der Waals surface area (Å²) in [7, 11) is 0. The van der Waals surface area contributed by atoms with Crippen molar-refractivity contribution < 1.29 is 0 Å². The molecule has 1 saturated carbocycles. The molecular weight excluding hydrogens is 250 g/mol. The van der Waals surface area contributed by atoms with E-state index in [2.05, 4.69) is 41.9 Å². The molecule has 102 valence electrons. The van der Waals surface area contributed by atoms with Gasteiger partial charge >= 0.3 is 0 Å². The van der Waals surface area contributed by atoms with Crippen molar-refractivity contribution in [3.63, 3.8) is 0 Å². The Kier molecular flexibility index (Phi) is 4.19. The van der Waals surface area contributed by atoms with Crippen LogP contribution in [0, 0.1) is 5.92 Å². The van der Waals surface area contributed by atoms with Gasteiger partial charge in [-0.2, -0.15) is 0 Å². The summed E-state index contributed by atoms with van der Waals surface area (Å²) in [6.45, 7) is 3.50. The van der Waals surface area contributed by atoms with Crippen LogP contribution >= 0.6 is 11.3 Å². The van der Waals surface area contributed by atoms with Crippen molar-refractivity contribution in [2.24, 2.45) is 5.92 Å². The lowest BCUT2D eigenvalue weighted by Gasteiger charge is -2.16. The Morgan fingerprint density at radius 1 is 1.32 bits per heavy atom. The van der Waals surface area contributed by atoms with Crippen LogP contribution in [-0.2, 0) is 6.42 Å². The molecule has 1 aliphatic carbocycles. The third kappa shape index (κ3) is 3.37. The highest BCUT2D eigenvalue weighted by atomic mass is 32.1. The van der Waals surface area contributed by atoms with E-state index in [4.69, 9.17) is 0 Å². The van der Waals surface area contributed by atoms with Gasteiger partial charge in [-0.15, -0.1) is 11.3 Å². The summed E-state index contributed by atoms with van der Waals surface area (Å²) >= 11 is 1.89. The zero-order valence-electron chi connectivity index (χ0n) is 11.7. The van der Waals surface area contributed by atoms with Crippen LogP contribution in [0.3, 0.4) is 0 Å². The van der Waals surface area contributed by atoms with Crippen LogP contribution in [0.25, 0.3) is 10.1 Å². The predicted molar refractivity (Wildman–Crippen MR) is 85.0 cm³/mol. The molecule has 1 nitrogen and oxygen atoms in total. The van der Waals surface area contributed by atoms with E-state index in [1.807, 2.05) is 11.3 Å². The van der Waals surface area contributed by atoms with Gasteiger partial charge in [0.05, 0.1) is 0 Å². The van der Waals surface area contributed by atoms with Gasteiger partial charge in [0.25, 0.3) is 0 Å². The van der Waals surface area contributed by atoms with Gasteiger partial charge in [-0.25, -0.2) is 0 Å². The van der Waals surface area contributed by atoms with Crippen molar-refractivity contribution in [2.75, 3.05) is 6.54 Å². The van der Waals surface area contributed by atoms with Gasteiger partial charge in [0.15, 0.2) is 0 Å². The summed E-state index contributed by atoms with van der Waals surface area (Å²) < 4.78 is 1.43. The smallest absolute Gasteiger partial charge is 0.0345 e.